The predicted molar refractivity (Wildman–Crippen MR) is 68.8 cm³/mol. The summed E-state index contributed by atoms with van der Waals surface area (Å²) in [5.41, 5.74) is 1.70. The molecule has 0 rings (SSSR count). The summed E-state index contributed by atoms with van der Waals surface area (Å²) in [4.78, 5) is 10.5. The molecule has 0 aliphatic carbocycles. The lowest BCUT2D eigenvalue weighted by Crippen LogP contribution is -1.90. The molecule has 0 amide bonds. The average molecular weight is 217 g/mol. The fraction of sp³-hybridized carbons (Fsp3) is 0.286. The SMILES string of the molecule is C=C\C=C/C(=C\C)C(/C)=C(\C#N)C=O.CC. The van der Waals surface area contributed by atoms with Gasteiger partial charge in [0.15, 0.2) is 6.29 Å². The second-order valence-electron chi connectivity index (χ2n) is 2.61. The van der Waals surface area contributed by atoms with Crippen molar-refractivity contribution in [3.63, 3.8) is 0 Å². The van der Waals surface area contributed by atoms with Gasteiger partial charge in [0, 0.05) is 0 Å². The van der Waals surface area contributed by atoms with E-state index >= 15 is 0 Å². The number of carbonyl (C=O) groups excluding carboxylic acids is 1. The van der Waals surface area contributed by atoms with Crippen LogP contribution in [-0.2, 0) is 4.79 Å². The molecule has 0 bridgehead atoms. The van der Waals surface area contributed by atoms with Gasteiger partial charge in [-0.05, 0) is 25.0 Å². The van der Waals surface area contributed by atoms with Crippen LogP contribution in [0.15, 0.2) is 47.6 Å². The highest BCUT2D eigenvalue weighted by Crippen LogP contribution is 2.14. The fourth-order valence-electron chi connectivity index (χ4n) is 0.964. The Morgan fingerprint density at radius 2 is 1.94 bits per heavy atom. The largest absolute Gasteiger partial charge is 0.297 e. The van der Waals surface area contributed by atoms with E-state index in [4.69, 9.17) is 5.26 Å². The molecule has 0 aromatic heterocycles. The number of hydrogen-bond donors (Lipinski definition) is 0. The molecule has 0 aromatic carbocycles. The minimum absolute atomic E-state index is 0.159. The highest BCUT2D eigenvalue weighted by atomic mass is 16.1. The Balaban J connectivity index is 0. The van der Waals surface area contributed by atoms with Gasteiger partial charge >= 0.3 is 0 Å². The molecule has 2 nitrogen and oxygen atoms in total. The van der Waals surface area contributed by atoms with Crippen molar-refractivity contribution in [3.8, 4) is 6.07 Å². The van der Waals surface area contributed by atoms with Crippen molar-refractivity contribution in [2.45, 2.75) is 27.7 Å². The lowest BCUT2D eigenvalue weighted by Gasteiger charge is -2.01. The maximum Gasteiger partial charge on any atom is 0.160 e. The summed E-state index contributed by atoms with van der Waals surface area (Å²) in [7, 11) is 0. The molecule has 0 spiro atoms. The van der Waals surface area contributed by atoms with E-state index in [1.54, 1.807) is 19.1 Å². The zero-order valence-corrected chi connectivity index (χ0v) is 10.4. The lowest BCUT2D eigenvalue weighted by atomic mass is 10.0. The summed E-state index contributed by atoms with van der Waals surface area (Å²) in [6.45, 7) is 11.1. The van der Waals surface area contributed by atoms with Gasteiger partial charge in [-0.2, -0.15) is 5.26 Å². The maximum absolute atomic E-state index is 10.5. The van der Waals surface area contributed by atoms with Gasteiger partial charge in [0.25, 0.3) is 0 Å². The van der Waals surface area contributed by atoms with Gasteiger partial charge in [0.05, 0.1) is 5.57 Å². The molecule has 0 atom stereocenters. The minimum Gasteiger partial charge on any atom is -0.297 e. The molecule has 0 N–H and O–H groups in total. The predicted octanol–water partition coefficient (Wildman–Crippen LogP) is 3.74. The fourth-order valence-corrected chi connectivity index (χ4v) is 0.964. The molecule has 16 heavy (non-hydrogen) atoms. The normalized spacial score (nSPS) is 12.1. The van der Waals surface area contributed by atoms with E-state index < -0.39 is 0 Å². The van der Waals surface area contributed by atoms with Crippen LogP contribution in [0.1, 0.15) is 27.7 Å². The molecule has 0 saturated heterocycles. The van der Waals surface area contributed by atoms with Gasteiger partial charge in [0.2, 0.25) is 0 Å². The van der Waals surface area contributed by atoms with Gasteiger partial charge < -0.3 is 0 Å². The van der Waals surface area contributed by atoms with Gasteiger partial charge in [-0.1, -0.05) is 44.7 Å². The Hall–Kier alpha value is -1.88. The second-order valence-corrected chi connectivity index (χ2v) is 2.61. The van der Waals surface area contributed by atoms with E-state index in [0.717, 1.165) is 5.57 Å². The summed E-state index contributed by atoms with van der Waals surface area (Å²) in [5.74, 6) is 0. The number of allylic oxidation sites excluding steroid dienone is 7. The zero-order chi connectivity index (χ0) is 13.0. The summed E-state index contributed by atoms with van der Waals surface area (Å²) in [5, 5.41) is 8.66. The van der Waals surface area contributed by atoms with Gasteiger partial charge in [0.1, 0.15) is 6.07 Å². The first kappa shape index (κ1) is 16.5. The Labute approximate surface area is 98.3 Å². The van der Waals surface area contributed by atoms with Crippen molar-refractivity contribution < 1.29 is 4.79 Å². The van der Waals surface area contributed by atoms with Crippen LogP contribution < -0.4 is 0 Å². The molecule has 86 valence electrons. The topological polar surface area (TPSA) is 40.9 Å². The molecular weight excluding hydrogens is 198 g/mol. The van der Waals surface area contributed by atoms with Crippen LogP contribution in [0.4, 0.5) is 0 Å². The lowest BCUT2D eigenvalue weighted by molar-refractivity contribution is -0.104. The molecule has 0 aliphatic heterocycles. The molecule has 0 aliphatic rings. The first-order valence-electron chi connectivity index (χ1n) is 5.23. The molecule has 0 fully saturated rings. The summed E-state index contributed by atoms with van der Waals surface area (Å²) >= 11 is 0. The highest BCUT2D eigenvalue weighted by Gasteiger charge is 2.02. The van der Waals surface area contributed by atoms with E-state index in [1.165, 1.54) is 0 Å². The number of rotatable bonds is 4. The summed E-state index contributed by atoms with van der Waals surface area (Å²) in [6, 6.07) is 1.85. The van der Waals surface area contributed by atoms with Crippen LogP contribution in [0.5, 0.6) is 0 Å². The van der Waals surface area contributed by atoms with Crippen LogP contribution in [0, 0.1) is 11.3 Å². The second kappa shape index (κ2) is 11.2. The highest BCUT2D eigenvalue weighted by molar-refractivity contribution is 5.82. The monoisotopic (exact) mass is 217 g/mol. The molecule has 2 heteroatoms. The van der Waals surface area contributed by atoms with Gasteiger partial charge in [-0.15, -0.1) is 0 Å². The standard InChI is InChI=1S/C12H13NO.C2H6/c1-4-6-7-11(5-2)10(3)12(8-13)9-14;1-2/h4-7,9H,1H2,2-3H3;1-2H3/b7-6-,11-5+,12-10+;. The first-order valence-corrected chi connectivity index (χ1v) is 5.23. The average Bonchev–Trinajstić information content (AvgIpc) is 2.34. The number of hydrogen-bond acceptors (Lipinski definition) is 2. The third-order valence-corrected chi connectivity index (χ3v) is 1.80. The Bertz CT molecular complexity index is 351. The molecule has 0 unspecified atom stereocenters. The van der Waals surface area contributed by atoms with Crippen molar-refractivity contribution in [2.75, 3.05) is 0 Å². The summed E-state index contributed by atoms with van der Waals surface area (Å²) in [6.07, 6.45) is 7.63. The Morgan fingerprint density at radius 3 is 2.25 bits per heavy atom. The van der Waals surface area contributed by atoms with Crippen LogP contribution in [0.3, 0.4) is 0 Å². The Kier molecular flexibility index (Phi) is 11.6. The van der Waals surface area contributed by atoms with Crippen LogP contribution in [-0.4, -0.2) is 6.29 Å². The van der Waals surface area contributed by atoms with Crippen molar-refractivity contribution >= 4 is 6.29 Å². The third-order valence-electron chi connectivity index (χ3n) is 1.80. The van der Waals surface area contributed by atoms with Crippen molar-refractivity contribution in [3.05, 3.63) is 47.6 Å². The van der Waals surface area contributed by atoms with Gasteiger partial charge in [-0.25, -0.2) is 0 Å². The third kappa shape index (κ3) is 5.77. The number of carbonyl (C=O) groups is 1. The van der Waals surface area contributed by atoms with Crippen molar-refractivity contribution in [1.29, 1.82) is 5.26 Å². The quantitative estimate of drug-likeness (QED) is 0.311. The maximum atomic E-state index is 10.5. The van der Waals surface area contributed by atoms with Gasteiger partial charge in [-0.3, -0.25) is 4.79 Å². The van der Waals surface area contributed by atoms with Crippen molar-refractivity contribution in [2.24, 2.45) is 0 Å². The van der Waals surface area contributed by atoms with E-state index in [-0.39, 0.29) is 5.57 Å². The molecular formula is C14H19NO. The van der Waals surface area contributed by atoms with E-state index in [1.807, 2.05) is 39.0 Å². The molecule has 0 heterocycles. The molecule has 0 saturated carbocycles. The zero-order valence-electron chi connectivity index (χ0n) is 10.4. The first-order chi connectivity index (χ1) is 7.71. The van der Waals surface area contributed by atoms with Crippen molar-refractivity contribution in [1.82, 2.24) is 0 Å². The van der Waals surface area contributed by atoms with Crippen LogP contribution in [0.2, 0.25) is 0 Å². The number of nitrogens with zero attached hydrogens (tertiary/aromatic N) is 1. The molecule has 0 aromatic rings. The van der Waals surface area contributed by atoms with E-state index in [2.05, 4.69) is 6.58 Å². The summed E-state index contributed by atoms with van der Waals surface area (Å²) < 4.78 is 0. The Morgan fingerprint density at radius 1 is 1.38 bits per heavy atom. The van der Waals surface area contributed by atoms with Crippen LogP contribution in [0.25, 0.3) is 0 Å². The number of aldehydes is 1. The number of nitriles is 1. The van der Waals surface area contributed by atoms with E-state index in [0.29, 0.717) is 11.9 Å². The minimum atomic E-state index is 0.159. The van der Waals surface area contributed by atoms with Crippen LogP contribution >= 0.6 is 0 Å². The van der Waals surface area contributed by atoms with E-state index in [9.17, 15) is 4.79 Å². The smallest absolute Gasteiger partial charge is 0.160 e. The molecule has 0 radical (unpaired) electrons.